The summed E-state index contributed by atoms with van der Waals surface area (Å²) in [5.41, 5.74) is 1.44. The molecule has 0 aliphatic heterocycles. The molecule has 3 rings (SSSR count). The van der Waals surface area contributed by atoms with Gasteiger partial charge in [-0.2, -0.15) is 23.4 Å². The van der Waals surface area contributed by atoms with Crippen molar-refractivity contribution in [3.05, 3.63) is 42.4 Å². The quantitative estimate of drug-likeness (QED) is 0.312. The molecule has 0 bridgehead atoms. The topological polar surface area (TPSA) is 114 Å². The Bertz CT molecular complexity index is 1140. The monoisotopic (exact) mass is 490 g/mol. The maximum atomic E-state index is 12.4. The van der Waals surface area contributed by atoms with Crippen LogP contribution in [0.2, 0.25) is 25.7 Å². The number of hydrogen-bond acceptors (Lipinski definition) is 8. The van der Waals surface area contributed by atoms with Gasteiger partial charge in [0.1, 0.15) is 31.2 Å². The van der Waals surface area contributed by atoms with Crippen molar-refractivity contribution in [3.8, 4) is 17.5 Å². The van der Waals surface area contributed by atoms with E-state index in [9.17, 15) is 18.4 Å². The van der Waals surface area contributed by atoms with Crippen LogP contribution in [0.1, 0.15) is 5.56 Å². The van der Waals surface area contributed by atoms with Gasteiger partial charge in [0.15, 0.2) is 11.6 Å². The molecule has 1 aromatic carbocycles. The van der Waals surface area contributed by atoms with E-state index in [0.29, 0.717) is 24.8 Å². The van der Waals surface area contributed by atoms with Crippen LogP contribution < -0.4 is 10.6 Å². The van der Waals surface area contributed by atoms with Crippen molar-refractivity contribution in [2.24, 2.45) is 0 Å². The largest absolute Gasteiger partial charge is 0.405 e. The molecule has 0 aliphatic carbocycles. The number of ether oxygens (including phenoxy) is 1. The van der Waals surface area contributed by atoms with Gasteiger partial charge in [-0.25, -0.2) is 14.6 Å². The first-order chi connectivity index (χ1) is 16.0. The number of rotatable bonds is 10. The lowest BCUT2D eigenvalue weighted by atomic mass is 10.2. The van der Waals surface area contributed by atoms with Gasteiger partial charge in [-0.05, 0) is 30.3 Å². The highest BCUT2D eigenvalue weighted by Crippen LogP contribution is 2.23. The number of aromatic nitrogens is 5. The highest BCUT2D eigenvalue weighted by Gasteiger charge is 2.27. The smallest absolute Gasteiger partial charge is 0.359 e. The Morgan fingerprint density at radius 3 is 2.53 bits per heavy atom. The van der Waals surface area contributed by atoms with E-state index in [0.717, 1.165) is 17.8 Å². The summed E-state index contributed by atoms with van der Waals surface area (Å²) in [6.45, 7) is 6.60. The summed E-state index contributed by atoms with van der Waals surface area (Å²) in [5, 5.41) is 18.7. The fourth-order valence-electron chi connectivity index (χ4n) is 2.69. The number of nitrogens with one attached hydrogen (secondary N) is 2. The van der Waals surface area contributed by atoms with E-state index in [1.54, 1.807) is 35.3 Å². The van der Waals surface area contributed by atoms with Gasteiger partial charge >= 0.3 is 6.18 Å². The third-order valence-corrected chi connectivity index (χ3v) is 6.22. The van der Waals surface area contributed by atoms with Crippen molar-refractivity contribution < 1.29 is 17.9 Å². The molecule has 0 unspecified atom stereocenters. The third-order valence-electron chi connectivity index (χ3n) is 4.52. The maximum Gasteiger partial charge on any atom is 0.405 e. The van der Waals surface area contributed by atoms with E-state index in [4.69, 9.17) is 4.74 Å². The van der Waals surface area contributed by atoms with E-state index >= 15 is 0 Å². The SMILES string of the molecule is C[Si](C)(C)CCOCn1cnc(-c2ccc(Nc3nc(NCC(F)(F)F)ncc3C#N)cc2)n1. The Balaban J connectivity index is 1.63. The van der Waals surface area contributed by atoms with Gasteiger partial charge in [0.25, 0.3) is 0 Å². The molecule has 0 saturated heterocycles. The summed E-state index contributed by atoms with van der Waals surface area (Å²) in [6.07, 6.45) is -1.65. The summed E-state index contributed by atoms with van der Waals surface area (Å²) in [4.78, 5) is 12.0. The summed E-state index contributed by atoms with van der Waals surface area (Å²) in [7, 11) is -1.15. The minimum absolute atomic E-state index is 0.0906. The number of alkyl halides is 3. The standard InChI is InChI=1S/C21H25F3N8OSi/c1-34(2,3)9-8-33-14-32-13-28-18(31-32)15-4-6-17(7-5-15)29-19-16(10-25)11-26-20(30-19)27-12-21(22,23)24/h4-7,11,13H,8-9,12,14H2,1-3H3,(H2,26,27,29,30). The molecular weight excluding hydrogens is 465 g/mol. The van der Waals surface area contributed by atoms with E-state index in [1.165, 1.54) is 0 Å². The summed E-state index contributed by atoms with van der Waals surface area (Å²) in [6, 6.07) is 10.0. The molecule has 2 N–H and O–H groups in total. The number of anilines is 3. The molecule has 0 amide bonds. The lowest BCUT2D eigenvalue weighted by Gasteiger charge is -2.15. The molecule has 3 aromatic rings. The van der Waals surface area contributed by atoms with E-state index in [1.807, 2.05) is 6.07 Å². The fourth-order valence-corrected chi connectivity index (χ4v) is 3.44. The second-order valence-electron chi connectivity index (χ2n) is 8.69. The van der Waals surface area contributed by atoms with E-state index < -0.39 is 20.8 Å². The normalized spacial score (nSPS) is 11.8. The molecule has 0 saturated carbocycles. The second-order valence-corrected chi connectivity index (χ2v) is 14.3. The van der Waals surface area contributed by atoms with Crippen LogP contribution in [0.3, 0.4) is 0 Å². The zero-order valence-electron chi connectivity index (χ0n) is 19.0. The molecule has 0 spiro atoms. The lowest BCUT2D eigenvalue weighted by molar-refractivity contribution is -0.115. The van der Waals surface area contributed by atoms with Gasteiger partial charge in [0, 0.05) is 25.9 Å². The summed E-state index contributed by atoms with van der Waals surface area (Å²) in [5.74, 6) is 0.378. The maximum absolute atomic E-state index is 12.4. The Morgan fingerprint density at radius 1 is 1.15 bits per heavy atom. The van der Waals surface area contributed by atoms with Crippen LogP contribution in [0.25, 0.3) is 11.4 Å². The van der Waals surface area contributed by atoms with Crippen LogP contribution >= 0.6 is 0 Å². The molecule has 2 heterocycles. The van der Waals surface area contributed by atoms with Gasteiger partial charge < -0.3 is 15.4 Å². The first kappa shape index (κ1) is 25.1. The first-order valence-corrected chi connectivity index (χ1v) is 14.2. The Morgan fingerprint density at radius 2 is 1.88 bits per heavy atom. The van der Waals surface area contributed by atoms with Crippen molar-refractivity contribution >= 4 is 25.5 Å². The molecular formula is C21H25F3N8OSi. The Labute approximate surface area is 196 Å². The first-order valence-electron chi connectivity index (χ1n) is 10.4. The minimum Gasteiger partial charge on any atom is -0.359 e. The van der Waals surface area contributed by atoms with E-state index in [2.05, 4.69) is 50.3 Å². The van der Waals surface area contributed by atoms with Crippen molar-refractivity contribution in [2.45, 2.75) is 38.6 Å². The van der Waals surface area contributed by atoms with Crippen LogP contribution in [0, 0.1) is 11.3 Å². The van der Waals surface area contributed by atoms with Crippen LogP contribution in [0.5, 0.6) is 0 Å². The summed E-state index contributed by atoms with van der Waals surface area (Å²) >= 11 is 0. The molecule has 9 nitrogen and oxygen atoms in total. The van der Waals surface area contributed by atoms with Gasteiger partial charge in [0.2, 0.25) is 5.95 Å². The van der Waals surface area contributed by atoms with Crippen molar-refractivity contribution in [1.82, 2.24) is 24.7 Å². The van der Waals surface area contributed by atoms with Crippen LogP contribution in [0.4, 0.5) is 30.6 Å². The van der Waals surface area contributed by atoms with Crippen LogP contribution in [0.15, 0.2) is 36.8 Å². The highest BCUT2D eigenvalue weighted by molar-refractivity contribution is 6.76. The van der Waals surface area contributed by atoms with Crippen LogP contribution in [-0.2, 0) is 11.5 Å². The van der Waals surface area contributed by atoms with Gasteiger partial charge in [-0.3, -0.25) is 0 Å². The van der Waals surface area contributed by atoms with Gasteiger partial charge in [-0.15, -0.1) is 5.10 Å². The fraction of sp³-hybridized carbons (Fsp3) is 0.381. The predicted octanol–water partition coefficient (Wildman–Crippen LogP) is 4.64. The number of benzene rings is 1. The average Bonchev–Trinajstić information content (AvgIpc) is 3.24. The predicted molar refractivity (Wildman–Crippen MR) is 124 cm³/mol. The molecule has 13 heteroatoms. The molecule has 0 fully saturated rings. The Hall–Kier alpha value is -3.50. The lowest BCUT2D eigenvalue weighted by Crippen LogP contribution is -2.22. The molecule has 0 radical (unpaired) electrons. The zero-order chi connectivity index (χ0) is 24.8. The molecule has 34 heavy (non-hydrogen) atoms. The average molecular weight is 491 g/mol. The highest BCUT2D eigenvalue weighted by atomic mass is 28.3. The third kappa shape index (κ3) is 7.82. The number of halogens is 3. The number of hydrogen-bond donors (Lipinski definition) is 2. The second kappa shape index (κ2) is 10.6. The van der Waals surface area contributed by atoms with E-state index in [-0.39, 0.29) is 17.3 Å². The molecule has 0 atom stereocenters. The van der Waals surface area contributed by atoms with Crippen molar-refractivity contribution in [1.29, 1.82) is 5.26 Å². The minimum atomic E-state index is -4.41. The molecule has 180 valence electrons. The van der Waals surface area contributed by atoms with Crippen molar-refractivity contribution in [2.75, 3.05) is 23.8 Å². The number of nitrogens with zero attached hydrogens (tertiary/aromatic N) is 6. The zero-order valence-corrected chi connectivity index (χ0v) is 20.0. The molecule has 0 aliphatic rings. The van der Waals surface area contributed by atoms with Gasteiger partial charge in [-0.1, -0.05) is 19.6 Å². The number of nitriles is 1. The van der Waals surface area contributed by atoms with Crippen LogP contribution in [-0.4, -0.2) is 52.1 Å². The Kier molecular flexibility index (Phi) is 7.85. The summed E-state index contributed by atoms with van der Waals surface area (Å²) < 4.78 is 44.6. The van der Waals surface area contributed by atoms with Crippen molar-refractivity contribution in [3.63, 3.8) is 0 Å². The molecule has 2 aromatic heterocycles. The van der Waals surface area contributed by atoms with Gasteiger partial charge in [0.05, 0.1) is 6.20 Å².